The van der Waals surface area contributed by atoms with Gasteiger partial charge in [-0.05, 0) is 38.0 Å². The topological polar surface area (TPSA) is 55.6 Å². The minimum atomic E-state index is -0.528. The van der Waals surface area contributed by atoms with E-state index < -0.39 is 5.60 Å². The van der Waals surface area contributed by atoms with E-state index in [2.05, 4.69) is 0 Å². The van der Waals surface area contributed by atoms with E-state index in [0.717, 1.165) is 5.56 Å². The highest BCUT2D eigenvalue weighted by Crippen LogP contribution is 2.49. The zero-order valence-corrected chi connectivity index (χ0v) is 12.6. The summed E-state index contributed by atoms with van der Waals surface area (Å²) in [6.07, 6.45) is -0.345. The Morgan fingerprint density at radius 3 is 2.76 bits per heavy atom. The van der Waals surface area contributed by atoms with Gasteiger partial charge in [-0.25, -0.2) is 9.18 Å². The second-order valence-corrected chi connectivity index (χ2v) is 6.92. The predicted octanol–water partition coefficient (Wildman–Crippen LogP) is 2.79. The fourth-order valence-corrected chi connectivity index (χ4v) is 3.44. The van der Waals surface area contributed by atoms with Gasteiger partial charge in [-0.1, -0.05) is 12.1 Å². The van der Waals surface area contributed by atoms with Crippen LogP contribution in [0.15, 0.2) is 18.2 Å². The summed E-state index contributed by atoms with van der Waals surface area (Å²) in [6.45, 7) is 6.50. The molecule has 1 aromatic carbocycles. The fourth-order valence-electron chi connectivity index (χ4n) is 3.44. The van der Waals surface area contributed by atoms with Crippen molar-refractivity contribution < 1.29 is 13.9 Å². The molecule has 3 rings (SSSR count). The third-order valence-electron chi connectivity index (χ3n) is 4.29. The first-order valence-electron chi connectivity index (χ1n) is 7.30. The summed E-state index contributed by atoms with van der Waals surface area (Å²) in [5.41, 5.74) is 7.28. The highest BCUT2D eigenvalue weighted by atomic mass is 19.1. The molecule has 3 atom stereocenters. The average Bonchev–Trinajstić information content (AvgIpc) is 2.89. The third-order valence-corrected chi connectivity index (χ3v) is 4.29. The summed E-state index contributed by atoms with van der Waals surface area (Å²) in [6, 6.07) is 4.83. The fraction of sp³-hybridized carbons (Fsp3) is 0.562. The number of benzene rings is 1. The Kier molecular flexibility index (Phi) is 3.20. The van der Waals surface area contributed by atoms with Crippen molar-refractivity contribution in [1.82, 2.24) is 4.90 Å². The first-order chi connectivity index (χ1) is 9.78. The van der Waals surface area contributed by atoms with Crippen molar-refractivity contribution in [3.8, 4) is 0 Å². The molecule has 21 heavy (non-hydrogen) atoms. The minimum absolute atomic E-state index is 0.0243. The van der Waals surface area contributed by atoms with E-state index in [9.17, 15) is 9.18 Å². The van der Waals surface area contributed by atoms with Crippen LogP contribution in [-0.2, 0) is 4.74 Å². The van der Waals surface area contributed by atoms with Crippen LogP contribution in [0.2, 0.25) is 0 Å². The summed E-state index contributed by atoms with van der Waals surface area (Å²) >= 11 is 0. The highest BCUT2D eigenvalue weighted by Gasteiger charge is 2.48. The molecule has 2 aliphatic rings. The molecule has 1 aliphatic heterocycles. The zero-order chi connectivity index (χ0) is 15.4. The molecule has 1 amide bonds. The summed E-state index contributed by atoms with van der Waals surface area (Å²) < 4.78 is 19.5. The second kappa shape index (κ2) is 4.70. The van der Waals surface area contributed by atoms with Crippen molar-refractivity contribution in [3.63, 3.8) is 0 Å². The molecule has 4 nitrogen and oxygen atoms in total. The number of hydrogen-bond donors (Lipinski definition) is 1. The van der Waals surface area contributed by atoms with Crippen LogP contribution in [0.3, 0.4) is 0 Å². The molecule has 0 bridgehead atoms. The molecule has 0 saturated carbocycles. The van der Waals surface area contributed by atoms with Crippen molar-refractivity contribution in [2.45, 2.75) is 38.3 Å². The molecule has 1 fully saturated rings. The SMILES string of the molecule is CC(C)(C)OC(=O)N1C[C@@H]2[C@H](N)c3cccc(F)c3[C@@H]2C1. The smallest absolute Gasteiger partial charge is 0.410 e. The number of nitrogens with zero attached hydrogens (tertiary/aromatic N) is 1. The molecular formula is C16H21FN2O2. The Morgan fingerprint density at radius 2 is 2.10 bits per heavy atom. The Bertz CT molecular complexity index is 582. The maximum absolute atomic E-state index is 14.1. The number of likely N-dealkylation sites (tertiary alicyclic amines) is 1. The Balaban J connectivity index is 1.82. The number of fused-ring (bicyclic) bond motifs is 3. The largest absolute Gasteiger partial charge is 0.444 e. The standard InChI is InChI=1S/C16H21FN2O2/c1-16(2,3)21-15(20)19-7-10-11(8-19)14(18)9-5-4-6-12(17)13(9)10/h4-6,10-11,14H,7-8,18H2,1-3H3/t10-,11+,14-/m1/s1. The second-order valence-electron chi connectivity index (χ2n) is 6.92. The zero-order valence-electron chi connectivity index (χ0n) is 12.6. The molecule has 0 unspecified atom stereocenters. The number of nitrogens with two attached hydrogens (primary N) is 1. The predicted molar refractivity (Wildman–Crippen MR) is 77.4 cm³/mol. The first kappa shape index (κ1) is 14.3. The van der Waals surface area contributed by atoms with Crippen molar-refractivity contribution in [3.05, 3.63) is 35.1 Å². The summed E-state index contributed by atoms with van der Waals surface area (Å²) in [5.74, 6) is -0.172. The molecule has 1 heterocycles. The number of amides is 1. The molecule has 0 aromatic heterocycles. The monoisotopic (exact) mass is 292 g/mol. The first-order valence-corrected chi connectivity index (χ1v) is 7.30. The molecule has 0 radical (unpaired) electrons. The van der Waals surface area contributed by atoms with Crippen LogP contribution in [0.25, 0.3) is 0 Å². The van der Waals surface area contributed by atoms with Crippen LogP contribution >= 0.6 is 0 Å². The van der Waals surface area contributed by atoms with Gasteiger partial charge >= 0.3 is 6.09 Å². The summed E-state index contributed by atoms with van der Waals surface area (Å²) in [4.78, 5) is 13.8. The molecule has 1 aliphatic carbocycles. The van der Waals surface area contributed by atoms with Crippen molar-refractivity contribution in [1.29, 1.82) is 0 Å². The van der Waals surface area contributed by atoms with Gasteiger partial charge in [0.05, 0.1) is 0 Å². The van der Waals surface area contributed by atoms with Gasteiger partial charge in [0.15, 0.2) is 0 Å². The number of hydrogen-bond acceptors (Lipinski definition) is 3. The number of halogens is 1. The maximum Gasteiger partial charge on any atom is 0.410 e. The molecule has 1 aromatic rings. The average molecular weight is 292 g/mol. The lowest BCUT2D eigenvalue weighted by atomic mass is 9.95. The molecular weight excluding hydrogens is 271 g/mol. The Labute approximate surface area is 124 Å². The Hall–Kier alpha value is -1.62. The van der Waals surface area contributed by atoms with Crippen molar-refractivity contribution in [2.75, 3.05) is 13.1 Å². The number of carbonyl (C=O) groups is 1. The normalized spacial score (nSPS) is 27.5. The Morgan fingerprint density at radius 1 is 1.38 bits per heavy atom. The summed E-state index contributed by atoms with van der Waals surface area (Å²) in [7, 11) is 0. The van der Waals surface area contributed by atoms with E-state index in [1.54, 1.807) is 11.0 Å². The van der Waals surface area contributed by atoms with Crippen molar-refractivity contribution in [2.24, 2.45) is 11.7 Å². The van der Waals surface area contributed by atoms with Crippen molar-refractivity contribution >= 4 is 6.09 Å². The highest BCUT2D eigenvalue weighted by molar-refractivity contribution is 5.69. The van der Waals surface area contributed by atoms with E-state index >= 15 is 0 Å². The molecule has 2 N–H and O–H groups in total. The lowest BCUT2D eigenvalue weighted by Crippen LogP contribution is -2.36. The lowest BCUT2D eigenvalue weighted by molar-refractivity contribution is 0.0284. The van der Waals surface area contributed by atoms with Gasteiger partial charge in [-0.2, -0.15) is 0 Å². The van der Waals surface area contributed by atoms with E-state index in [1.807, 2.05) is 26.8 Å². The van der Waals surface area contributed by atoms with Crippen LogP contribution in [0.1, 0.15) is 43.9 Å². The lowest BCUT2D eigenvalue weighted by Gasteiger charge is -2.25. The van der Waals surface area contributed by atoms with E-state index in [0.29, 0.717) is 18.7 Å². The van der Waals surface area contributed by atoms with E-state index in [-0.39, 0.29) is 29.8 Å². The summed E-state index contributed by atoms with van der Waals surface area (Å²) in [5, 5.41) is 0. The van der Waals surface area contributed by atoms with Gasteiger partial charge in [-0.15, -0.1) is 0 Å². The number of carbonyl (C=O) groups excluding carboxylic acids is 1. The van der Waals surface area contributed by atoms with E-state index in [1.165, 1.54) is 6.07 Å². The van der Waals surface area contributed by atoms with Gasteiger partial charge in [0.1, 0.15) is 11.4 Å². The maximum atomic E-state index is 14.1. The third kappa shape index (κ3) is 2.39. The van der Waals surface area contributed by atoms with Crippen LogP contribution in [0.5, 0.6) is 0 Å². The van der Waals surface area contributed by atoms with Gasteiger partial charge in [0.2, 0.25) is 0 Å². The van der Waals surface area contributed by atoms with Gasteiger partial charge in [0.25, 0.3) is 0 Å². The molecule has 0 spiro atoms. The van der Waals surface area contributed by atoms with Gasteiger partial charge in [0, 0.05) is 31.0 Å². The van der Waals surface area contributed by atoms with Crippen LogP contribution in [-0.4, -0.2) is 29.7 Å². The minimum Gasteiger partial charge on any atom is -0.444 e. The molecule has 114 valence electrons. The molecule has 5 heteroatoms. The van der Waals surface area contributed by atoms with Crippen LogP contribution in [0, 0.1) is 11.7 Å². The van der Waals surface area contributed by atoms with Crippen LogP contribution < -0.4 is 5.73 Å². The number of ether oxygens (including phenoxy) is 1. The molecule has 1 saturated heterocycles. The quantitative estimate of drug-likeness (QED) is 0.800. The number of rotatable bonds is 0. The van der Waals surface area contributed by atoms with Gasteiger partial charge < -0.3 is 15.4 Å². The van der Waals surface area contributed by atoms with E-state index in [4.69, 9.17) is 10.5 Å². The van der Waals surface area contributed by atoms with Gasteiger partial charge in [-0.3, -0.25) is 0 Å². The van der Waals surface area contributed by atoms with Crippen LogP contribution in [0.4, 0.5) is 9.18 Å².